The molecule has 0 bridgehead atoms. The molecule has 0 spiro atoms. The van der Waals surface area contributed by atoms with Crippen LogP contribution in [-0.2, 0) is 79.0 Å². The van der Waals surface area contributed by atoms with Gasteiger partial charge in [0.15, 0.2) is 0 Å². The molecule has 0 saturated heterocycles. The van der Waals surface area contributed by atoms with Gasteiger partial charge in [-0.05, 0) is 0 Å². The van der Waals surface area contributed by atoms with Crippen LogP contribution in [0.15, 0.2) is 0 Å². The molecule has 0 aliphatic heterocycles. The van der Waals surface area contributed by atoms with Gasteiger partial charge in [0.25, 0.3) is 0 Å². The molecule has 0 aromatic carbocycles. The molecule has 0 aliphatic carbocycles. The maximum Gasteiger partial charge on any atom is -0.160 e. The molecule has 0 aromatic rings. The summed E-state index contributed by atoms with van der Waals surface area (Å²) in [6.07, 6.45) is 30.7. The summed E-state index contributed by atoms with van der Waals surface area (Å²) in [5, 5.41) is 4.48. The predicted molar refractivity (Wildman–Crippen MR) is 150 cm³/mol. The molecule has 0 N–H and O–H groups in total. The molecule has 35 heavy (non-hydrogen) atoms. The maximum absolute atomic E-state index is 9.29. The second kappa shape index (κ2) is 43.8. The predicted octanol–water partition coefficient (Wildman–Crippen LogP) is 9.58. The SMILES string of the molecule is CCCCCCCC[CH2][Zn+].CCCCCCCC[CH2][Zn+].CCCCCCCC[CH2][Zn+].[O-]P([O-])(=S)[S-]. The van der Waals surface area contributed by atoms with Gasteiger partial charge in [-0.25, -0.2) is 0 Å². The van der Waals surface area contributed by atoms with E-state index < -0.39 is 5.69 Å². The third-order valence-corrected chi connectivity index (χ3v) is 8.71. The van der Waals surface area contributed by atoms with Crippen molar-refractivity contribution in [3.8, 4) is 0 Å². The van der Waals surface area contributed by atoms with Crippen molar-refractivity contribution in [1.29, 1.82) is 0 Å². The van der Waals surface area contributed by atoms with E-state index in [1.54, 1.807) is 0 Å². The summed E-state index contributed by atoms with van der Waals surface area (Å²) in [7, 11) is 0. The maximum atomic E-state index is 9.29. The quantitative estimate of drug-likeness (QED) is 0.0517. The second-order valence-corrected chi connectivity index (χ2v) is 18.3. The molecule has 0 aromatic heterocycles. The molecule has 0 atom stereocenters. The molecule has 0 fully saturated rings. The number of hydrogen-bond acceptors (Lipinski definition) is 4. The zero-order valence-electron chi connectivity index (χ0n) is 24.2. The normalized spacial score (nSPS) is 10.5. The first-order chi connectivity index (χ1) is 16.7. The third kappa shape index (κ3) is 78.7. The molecule has 0 heterocycles. The van der Waals surface area contributed by atoms with E-state index in [1.165, 1.54) is 205 Å². The first-order valence-electron chi connectivity index (χ1n) is 14.9. The summed E-state index contributed by atoms with van der Waals surface area (Å²) in [4.78, 5) is 18.6. The van der Waals surface area contributed by atoms with Crippen LogP contribution >= 0.6 is 5.69 Å². The van der Waals surface area contributed by atoms with Crippen LogP contribution in [0.1, 0.15) is 156 Å². The molecule has 0 aliphatic rings. The van der Waals surface area contributed by atoms with E-state index >= 15 is 0 Å². The van der Waals surface area contributed by atoms with E-state index in [1.807, 2.05) is 0 Å². The number of rotatable bonds is 21. The van der Waals surface area contributed by atoms with Crippen LogP contribution in [0.3, 0.4) is 0 Å². The Hall–Kier alpha value is 2.79. The van der Waals surface area contributed by atoms with Crippen LogP contribution in [0.5, 0.6) is 0 Å². The zero-order valence-corrected chi connectivity index (χ0v) is 35.6. The van der Waals surface area contributed by atoms with Crippen LogP contribution < -0.4 is 9.79 Å². The summed E-state index contributed by atoms with van der Waals surface area (Å²) < 4.78 is 0. The van der Waals surface area contributed by atoms with Crippen molar-refractivity contribution >= 4 is 29.7 Å². The van der Waals surface area contributed by atoms with E-state index in [0.29, 0.717) is 0 Å². The largest absolute Gasteiger partial charge is 0.850 e. The second-order valence-electron chi connectivity index (χ2n) is 9.37. The molecule has 0 radical (unpaired) electrons. The standard InChI is InChI=1S/3C9H19.H3O2PS2.3Zn/c3*1-3-5-7-9-8-6-4-2;1-3(2,4)5;;;/h3*1,3-9H2,2H3;(H3,1,2,4,5);;;/q;;;;3*+1/p-3. The van der Waals surface area contributed by atoms with Crippen molar-refractivity contribution in [3.05, 3.63) is 0 Å². The van der Waals surface area contributed by atoms with Crippen molar-refractivity contribution in [3.63, 3.8) is 0 Å². The third-order valence-electron chi connectivity index (χ3n) is 5.56. The van der Waals surface area contributed by atoms with Crippen LogP contribution in [0, 0.1) is 0 Å². The van der Waals surface area contributed by atoms with E-state index in [4.69, 9.17) is 0 Å². The van der Waals surface area contributed by atoms with Crippen molar-refractivity contribution < 1.29 is 64.7 Å². The minimum absolute atomic E-state index is 1.38. The average molecular weight is 705 g/mol. The van der Waals surface area contributed by atoms with Gasteiger partial charge in [0, 0.05) is 0 Å². The Bertz CT molecular complexity index is 306. The van der Waals surface area contributed by atoms with Crippen LogP contribution in [0.25, 0.3) is 0 Å². The smallest absolute Gasteiger partial charge is 0.160 e. The zero-order chi connectivity index (χ0) is 27.5. The Labute approximate surface area is 262 Å². The molecule has 2 nitrogen and oxygen atoms in total. The fourth-order valence-corrected chi connectivity index (χ4v) is 5.63. The van der Waals surface area contributed by atoms with Gasteiger partial charge in [-0.1, -0.05) is 0 Å². The molecular weight excluding hydrogens is 648 g/mol. The topological polar surface area (TPSA) is 46.1 Å². The van der Waals surface area contributed by atoms with Gasteiger partial charge in [0.2, 0.25) is 0 Å². The van der Waals surface area contributed by atoms with Gasteiger partial charge in [0.05, 0.1) is 0 Å². The first kappa shape index (κ1) is 44.8. The average Bonchev–Trinajstić information content (AvgIpc) is 2.81. The van der Waals surface area contributed by atoms with Crippen molar-refractivity contribution in [1.82, 2.24) is 0 Å². The fraction of sp³-hybridized carbons (Fsp3) is 1.00. The van der Waals surface area contributed by atoms with Crippen LogP contribution in [0.4, 0.5) is 0 Å². The van der Waals surface area contributed by atoms with E-state index in [2.05, 4.69) is 44.8 Å². The van der Waals surface area contributed by atoms with Crippen LogP contribution in [0.2, 0.25) is 15.0 Å². The van der Waals surface area contributed by atoms with E-state index in [0.717, 1.165) is 0 Å². The molecule has 200 valence electrons. The summed E-state index contributed by atoms with van der Waals surface area (Å²) >= 11 is 11.8. The minimum atomic E-state index is -3.72. The Morgan fingerprint density at radius 2 is 0.600 bits per heavy atom. The Morgan fingerprint density at radius 1 is 0.457 bits per heavy atom. The fourth-order valence-electron chi connectivity index (χ4n) is 3.40. The minimum Gasteiger partial charge on any atom is -0.850 e. The Kier molecular flexibility index (Phi) is 56.1. The molecular formula is C27H57O2PS2Zn3. The van der Waals surface area contributed by atoms with Gasteiger partial charge in [-0.2, -0.15) is 11.8 Å². The Morgan fingerprint density at radius 3 is 0.743 bits per heavy atom. The molecule has 8 heteroatoms. The summed E-state index contributed by atoms with van der Waals surface area (Å²) in [5.74, 6) is 0. The molecule has 0 unspecified atom stereocenters. The Balaban J connectivity index is -0.000000188. The number of unbranched alkanes of at least 4 members (excludes halogenated alkanes) is 18. The summed E-state index contributed by atoms with van der Waals surface area (Å²) in [6.45, 7) is 6.82. The molecule has 0 rings (SSSR count). The summed E-state index contributed by atoms with van der Waals surface area (Å²) in [5.41, 5.74) is -3.72. The van der Waals surface area contributed by atoms with E-state index in [-0.39, 0.29) is 0 Å². The van der Waals surface area contributed by atoms with Gasteiger partial charge in [0.1, 0.15) is 0 Å². The van der Waals surface area contributed by atoms with Crippen molar-refractivity contribution in [2.45, 2.75) is 171 Å². The monoisotopic (exact) mass is 700 g/mol. The van der Waals surface area contributed by atoms with Gasteiger partial charge < -0.3 is 27.7 Å². The van der Waals surface area contributed by atoms with E-state index in [9.17, 15) is 9.79 Å². The number of hydrogen-bond donors (Lipinski definition) is 0. The van der Waals surface area contributed by atoms with Crippen LogP contribution in [-0.4, -0.2) is 0 Å². The van der Waals surface area contributed by atoms with Crippen molar-refractivity contribution in [2.75, 3.05) is 0 Å². The molecule has 0 amide bonds. The van der Waals surface area contributed by atoms with Gasteiger partial charge in [-0.15, -0.1) is 0 Å². The first-order valence-corrected chi connectivity index (χ1v) is 24.8. The summed E-state index contributed by atoms with van der Waals surface area (Å²) in [6, 6.07) is 0. The van der Waals surface area contributed by atoms with Gasteiger partial charge in [-0.3, -0.25) is 0 Å². The van der Waals surface area contributed by atoms with Gasteiger partial charge >= 0.3 is 226 Å². The van der Waals surface area contributed by atoms with Crippen molar-refractivity contribution in [2.24, 2.45) is 0 Å². The molecule has 0 saturated carbocycles.